The van der Waals surface area contributed by atoms with Crippen LogP contribution in [0.1, 0.15) is 37.9 Å². The van der Waals surface area contributed by atoms with Gasteiger partial charge < -0.3 is 19.6 Å². The highest BCUT2D eigenvalue weighted by Gasteiger charge is 2.28. The van der Waals surface area contributed by atoms with Crippen LogP contribution in [0.25, 0.3) is 0 Å². The van der Waals surface area contributed by atoms with Crippen LogP contribution in [0.4, 0.5) is 5.69 Å². The Kier molecular flexibility index (Phi) is 4.18. The Hall–Kier alpha value is -2.24. The van der Waals surface area contributed by atoms with Crippen molar-refractivity contribution in [3.05, 3.63) is 23.8 Å². The molecule has 2 aliphatic heterocycles. The van der Waals surface area contributed by atoms with Crippen molar-refractivity contribution in [2.75, 3.05) is 24.6 Å². The number of oxime groups is 1. The number of para-hydroxylation sites is 1. The first-order chi connectivity index (χ1) is 10.7. The molecular formula is C16H20N2O4. The monoisotopic (exact) mass is 304 g/mol. The lowest BCUT2D eigenvalue weighted by Gasteiger charge is -2.34. The number of esters is 1. The van der Waals surface area contributed by atoms with E-state index >= 15 is 0 Å². The molecule has 2 heterocycles. The normalized spacial score (nSPS) is 20.9. The van der Waals surface area contributed by atoms with Gasteiger partial charge in [0.25, 0.3) is 0 Å². The second kappa shape index (κ2) is 6.25. The number of hydrogen-bond acceptors (Lipinski definition) is 6. The highest BCUT2D eigenvalue weighted by atomic mass is 16.5. The first-order valence-electron chi connectivity index (χ1n) is 7.56. The van der Waals surface area contributed by atoms with E-state index in [2.05, 4.69) is 10.1 Å². The van der Waals surface area contributed by atoms with Gasteiger partial charge in [-0.05, 0) is 6.07 Å². The van der Waals surface area contributed by atoms with Crippen LogP contribution in [0, 0.1) is 0 Å². The number of ether oxygens (including phenoxy) is 2. The second-order valence-electron chi connectivity index (χ2n) is 5.58. The topological polar surface area (TPSA) is 71.4 Å². The van der Waals surface area contributed by atoms with Gasteiger partial charge in [0.1, 0.15) is 11.9 Å². The van der Waals surface area contributed by atoms with Gasteiger partial charge in [0.15, 0.2) is 0 Å². The Balaban J connectivity index is 1.86. The lowest BCUT2D eigenvalue weighted by molar-refractivity contribution is -0.147. The molecule has 0 amide bonds. The average Bonchev–Trinajstić information content (AvgIpc) is 2.54. The molecule has 118 valence electrons. The first-order valence-corrected chi connectivity index (χ1v) is 7.56. The van der Waals surface area contributed by atoms with Gasteiger partial charge in [-0.15, -0.1) is 0 Å². The van der Waals surface area contributed by atoms with E-state index in [-0.39, 0.29) is 12.1 Å². The minimum atomic E-state index is -0.273. The van der Waals surface area contributed by atoms with Gasteiger partial charge >= 0.3 is 5.97 Å². The largest absolute Gasteiger partial charge is 0.491 e. The maximum Gasteiger partial charge on any atom is 0.303 e. The van der Waals surface area contributed by atoms with Crippen LogP contribution in [0.15, 0.2) is 23.4 Å². The van der Waals surface area contributed by atoms with E-state index in [9.17, 15) is 4.79 Å². The Labute approximate surface area is 129 Å². The fourth-order valence-corrected chi connectivity index (χ4v) is 3.05. The summed E-state index contributed by atoms with van der Waals surface area (Å²) in [6.07, 6.45) is 1.93. The summed E-state index contributed by atoms with van der Waals surface area (Å²) in [7, 11) is 0. The predicted octanol–water partition coefficient (Wildman–Crippen LogP) is 2.50. The van der Waals surface area contributed by atoms with E-state index in [0.29, 0.717) is 13.0 Å². The third-order valence-corrected chi connectivity index (χ3v) is 4.13. The number of hydrogen-bond donors (Lipinski definition) is 1. The molecule has 6 nitrogen and oxygen atoms in total. The van der Waals surface area contributed by atoms with Crippen LogP contribution in [0.5, 0.6) is 5.75 Å². The third-order valence-electron chi connectivity index (χ3n) is 4.13. The molecular weight excluding hydrogens is 284 g/mol. The summed E-state index contributed by atoms with van der Waals surface area (Å²) in [6, 6.07) is 5.95. The second-order valence-corrected chi connectivity index (χ2v) is 5.58. The molecule has 1 atom stereocenters. The molecule has 0 radical (unpaired) electrons. The van der Waals surface area contributed by atoms with Gasteiger partial charge in [0, 0.05) is 44.8 Å². The summed E-state index contributed by atoms with van der Waals surface area (Å²) in [6.45, 7) is 3.55. The highest BCUT2D eigenvalue weighted by molar-refractivity contribution is 5.86. The van der Waals surface area contributed by atoms with Crippen LogP contribution in [-0.2, 0) is 9.53 Å². The standard InChI is InChI=1S/C16H20N2O4/c1-11(19)22-15-7-10-21-16-13(15)3-2-4-14(16)18-8-5-12(17-20)6-9-18/h2-4,15,20H,5-10H2,1H3. The molecule has 1 fully saturated rings. The quantitative estimate of drug-likeness (QED) is 0.516. The molecule has 0 aliphatic carbocycles. The molecule has 2 aliphatic rings. The molecule has 1 saturated heterocycles. The summed E-state index contributed by atoms with van der Waals surface area (Å²) in [5.74, 6) is 0.536. The van der Waals surface area contributed by atoms with Crippen LogP contribution in [0.3, 0.4) is 0 Å². The van der Waals surface area contributed by atoms with E-state index in [1.54, 1.807) is 0 Å². The average molecular weight is 304 g/mol. The van der Waals surface area contributed by atoms with Gasteiger partial charge in [-0.25, -0.2) is 0 Å². The number of fused-ring (bicyclic) bond motifs is 1. The van der Waals surface area contributed by atoms with Gasteiger partial charge in [0.2, 0.25) is 0 Å². The van der Waals surface area contributed by atoms with E-state index in [0.717, 1.165) is 48.6 Å². The maximum absolute atomic E-state index is 11.3. The summed E-state index contributed by atoms with van der Waals surface area (Å²) in [5, 5.41) is 12.2. The van der Waals surface area contributed by atoms with Crippen molar-refractivity contribution >= 4 is 17.4 Å². The zero-order valence-electron chi connectivity index (χ0n) is 12.6. The molecule has 1 aromatic carbocycles. The molecule has 0 saturated carbocycles. The Bertz CT molecular complexity index is 590. The Morgan fingerprint density at radius 1 is 1.41 bits per heavy atom. The van der Waals surface area contributed by atoms with E-state index in [1.165, 1.54) is 6.92 Å². The number of carbonyl (C=O) groups is 1. The van der Waals surface area contributed by atoms with Crippen molar-refractivity contribution in [2.24, 2.45) is 5.16 Å². The van der Waals surface area contributed by atoms with Crippen LogP contribution in [0.2, 0.25) is 0 Å². The summed E-state index contributed by atoms with van der Waals surface area (Å²) in [4.78, 5) is 13.5. The van der Waals surface area contributed by atoms with Crippen molar-refractivity contribution in [3.8, 4) is 5.75 Å². The fraction of sp³-hybridized carbons (Fsp3) is 0.500. The van der Waals surface area contributed by atoms with Gasteiger partial charge in [-0.2, -0.15) is 0 Å². The van der Waals surface area contributed by atoms with Crippen molar-refractivity contribution in [2.45, 2.75) is 32.3 Å². The zero-order valence-corrected chi connectivity index (χ0v) is 12.6. The van der Waals surface area contributed by atoms with Crippen molar-refractivity contribution in [3.63, 3.8) is 0 Å². The maximum atomic E-state index is 11.3. The summed E-state index contributed by atoms with van der Waals surface area (Å²) in [5.41, 5.74) is 2.78. The smallest absolute Gasteiger partial charge is 0.303 e. The van der Waals surface area contributed by atoms with Crippen molar-refractivity contribution in [1.29, 1.82) is 0 Å². The van der Waals surface area contributed by atoms with Crippen molar-refractivity contribution in [1.82, 2.24) is 0 Å². The summed E-state index contributed by atoms with van der Waals surface area (Å²) < 4.78 is 11.3. The van der Waals surface area contributed by atoms with Gasteiger partial charge in [-0.1, -0.05) is 17.3 Å². The van der Waals surface area contributed by atoms with Crippen LogP contribution >= 0.6 is 0 Å². The van der Waals surface area contributed by atoms with Crippen molar-refractivity contribution < 1.29 is 19.5 Å². The van der Waals surface area contributed by atoms with E-state index in [4.69, 9.17) is 14.7 Å². The van der Waals surface area contributed by atoms with Crippen LogP contribution in [-0.4, -0.2) is 36.6 Å². The number of nitrogens with zero attached hydrogens (tertiary/aromatic N) is 2. The Morgan fingerprint density at radius 2 is 2.18 bits per heavy atom. The van der Waals surface area contributed by atoms with Crippen LogP contribution < -0.4 is 9.64 Å². The summed E-state index contributed by atoms with van der Waals surface area (Å²) >= 11 is 0. The number of piperidine rings is 1. The predicted molar refractivity (Wildman–Crippen MR) is 81.7 cm³/mol. The minimum absolute atomic E-state index is 0.236. The minimum Gasteiger partial charge on any atom is -0.491 e. The number of carbonyl (C=O) groups excluding carboxylic acids is 1. The van der Waals surface area contributed by atoms with Gasteiger partial charge in [0.05, 0.1) is 18.0 Å². The fourth-order valence-electron chi connectivity index (χ4n) is 3.05. The lowest BCUT2D eigenvalue weighted by atomic mass is 10.00. The number of anilines is 1. The highest BCUT2D eigenvalue weighted by Crippen LogP contribution is 2.41. The SMILES string of the molecule is CC(=O)OC1CCOc2c1cccc2N1CCC(=NO)CC1. The zero-order chi connectivity index (χ0) is 15.5. The number of benzene rings is 1. The number of rotatable bonds is 2. The molecule has 1 aromatic rings. The molecule has 1 unspecified atom stereocenters. The third kappa shape index (κ3) is 2.86. The molecule has 3 rings (SSSR count). The first kappa shape index (κ1) is 14.7. The Morgan fingerprint density at radius 3 is 2.86 bits per heavy atom. The lowest BCUT2D eigenvalue weighted by Crippen LogP contribution is -2.34. The molecule has 1 N–H and O–H groups in total. The molecule has 0 spiro atoms. The molecule has 22 heavy (non-hydrogen) atoms. The van der Waals surface area contributed by atoms with E-state index < -0.39 is 0 Å². The van der Waals surface area contributed by atoms with E-state index in [1.807, 2.05) is 18.2 Å². The molecule has 0 bridgehead atoms. The molecule has 0 aromatic heterocycles. The van der Waals surface area contributed by atoms with Gasteiger partial charge in [-0.3, -0.25) is 4.79 Å². The molecule has 6 heteroatoms.